The molecular weight excluding hydrogens is 326 g/mol. The smallest absolute Gasteiger partial charge is 0.413 e. The van der Waals surface area contributed by atoms with Crippen molar-refractivity contribution in [1.29, 1.82) is 0 Å². The van der Waals surface area contributed by atoms with Crippen LogP contribution in [0.2, 0.25) is 5.02 Å². The second-order valence-corrected chi connectivity index (χ2v) is 4.75. The molecule has 1 heterocycles. The summed E-state index contributed by atoms with van der Waals surface area (Å²) in [6.45, 7) is 1.56. The maximum absolute atomic E-state index is 11.2. The van der Waals surface area contributed by atoms with E-state index in [1.807, 2.05) is 0 Å². The molecule has 9 nitrogen and oxygen atoms in total. The Morgan fingerprint density at radius 1 is 1.43 bits per heavy atom. The molecule has 1 aromatic heterocycles. The second-order valence-electron chi connectivity index (χ2n) is 4.32. The lowest BCUT2D eigenvalue weighted by Gasteiger charge is -2.16. The number of carboxylic acid groups (broad SMARTS) is 1. The zero-order valence-corrected chi connectivity index (χ0v) is 12.7. The zero-order chi connectivity index (χ0) is 17.0. The number of aromatic nitrogens is 2. The van der Waals surface area contributed by atoms with Crippen molar-refractivity contribution in [3.8, 4) is 0 Å². The van der Waals surface area contributed by atoms with E-state index in [-0.39, 0.29) is 18.3 Å². The van der Waals surface area contributed by atoms with Crippen LogP contribution in [0.4, 0.5) is 27.9 Å². The van der Waals surface area contributed by atoms with Gasteiger partial charge in [0, 0.05) is 17.3 Å². The molecule has 23 heavy (non-hydrogen) atoms. The van der Waals surface area contributed by atoms with Gasteiger partial charge in [0.05, 0.1) is 4.92 Å². The highest BCUT2D eigenvalue weighted by Crippen LogP contribution is 2.27. The topological polar surface area (TPSA) is 121 Å². The van der Waals surface area contributed by atoms with E-state index in [1.165, 1.54) is 0 Å². The van der Waals surface area contributed by atoms with Crippen LogP contribution in [0.15, 0.2) is 30.5 Å². The lowest BCUT2D eigenvalue weighted by Crippen LogP contribution is -2.30. The molecule has 0 fully saturated rings. The van der Waals surface area contributed by atoms with Crippen molar-refractivity contribution in [2.24, 2.45) is 0 Å². The van der Waals surface area contributed by atoms with Gasteiger partial charge in [0.1, 0.15) is 6.20 Å². The summed E-state index contributed by atoms with van der Waals surface area (Å²) >= 11 is 5.78. The van der Waals surface area contributed by atoms with E-state index in [4.69, 9.17) is 16.7 Å². The van der Waals surface area contributed by atoms with Crippen molar-refractivity contribution < 1.29 is 14.8 Å². The zero-order valence-electron chi connectivity index (χ0n) is 11.9. The van der Waals surface area contributed by atoms with Crippen LogP contribution >= 0.6 is 11.6 Å². The molecule has 0 aliphatic rings. The summed E-state index contributed by atoms with van der Waals surface area (Å²) in [5, 5.41) is 23.6. The minimum Gasteiger partial charge on any atom is -0.465 e. The van der Waals surface area contributed by atoms with Crippen LogP contribution in [0.5, 0.6) is 0 Å². The lowest BCUT2D eigenvalue weighted by molar-refractivity contribution is -0.384. The first kappa shape index (κ1) is 16.4. The van der Waals surface area contributed by atoms with Gasteiger partial charge in [-0.2, -0.15) is 4.98 Å². The fourth-order valence-electron chi connectivity index (χ4n) is 1.79. The van der Waals surface area contributed by atoms with Crippen LogP contribution < -0.4 is 10.2 Å². The summed E-state index contributed by atoms with van der Waals surface area (Å²) in [6, 6.07) is 6.63. The van der Waals surface area contributed by atoms with Crippen molar-refractivity contribution in [3.63, 3.8) is 0 Å². The van der Waals surface area contributed by atoms with Gasteiger partial charge in [-0.15, -0.1) is 0 Å². The fraction of sp³-hybridized carbons (Fsp3) is 0.154. The Morgan fingerprint density at radius 2 is 2.09 bits per heavy atom. The molecule has 0 spiro atoms. The van der Waals surface area contributed by atoms with Gasteiger partial charge in [0.25, 0.3) is 0 Å². The molecular formula is C13H12ClN5O4. The number of nitro groups is 1. The third-order valence-electron chi connectivity index (χ3n) is 2.85. The first-order valence-electron chi connectivity index (χ1n) is 6.47. The Balaban J connectivity index is 2.41. The summed E-state index contributed by atoms with van der Waals surface area (Å²) < 4.78 is 0. The fourth-order valence-corrected chi connectivity index (χ4v) is 1.92. The van der Waals surface area contributed by atoms with Crippen LogP contribution in [0.1, 0.15) is 6.92 Å². The summed E-state index contributed by atoms with van der Waals surface area (Å²) in [5.74, 6) is -0.260. The van der Waals surface area contributed by atoms with Crippen molar-refractivity contribution in [1.82, 2.24) is 9.97 Å². The molecule has 0 atom stereocenters. The maximum atomic E-state index is 11.2. The van der Waals surface area contributed by atoms with Crippen molar-refractivity contribution in [2.45, 2.75) is 6.92 Å². The quantitative estimate of drug-likeness (QED) is 0.634. The Bertz CT molecular complexity index is 738. The number of nitrogens with one attached hydrogen (secondary N) is 1. The second kappa shape index (κ2) is 6.88. The number of halogens is 1. The molecule has 0 saturated carbocycles. The third kappa shape index (κ3) is 3.83. The third-order valence-corrected chi connectivity index (χ3v) is 3.10. The van der Waals surface area contributed by atoms with Gasteiger partial charge < -0.3 is 10.4 Å². The predicted octanol–water partition coefficient (Wildman–Crippen LogP) is 3.29. The number of carbonyl (C=O) groups is 1. The molecule has 0 radical (unpaired) electrons. The van der Waals surface area contributed by atoms with E-state index in [0.717, 1.165) is 11.1 Å². The van der Waals surface area contributed by atoms with E-state index in [2.05, 4.69) is 15.3 Å². The number of anilines is 3. The van der Waals surface area contributed by atoms with Crippen LogP contribution in [-0.2, 0) is 0 Å². The van der Waals surface area contributed by atoms with Crippen LogP contribution in [0.25, 0.3) is 0 Å². The van der Waals surface area contributed by atoms with Gasteiger partial charge in [-0.05, 0) is 31.2 Å². The number of hydrogen-bond acceptors (Lipinski definition) is 6. The minimum absolute atomic E-state index is 0.00751. The average molecular weight is 338 g/mol. The molecule has 2 rings (SSSR count). The SMILES string of the molecule is CCN(C(=O)O)c1nc(Nc2ccc(Cl)cc2)ncc1[N+](=O)[O-]. The maximum Gasteiger partial charge on any atom is 0.413 e. The average Bonchev–Trinajstić information content (AvgIpc) is 2.50. The Morgan fingerprint density at radius 3 is 2.61 bits per heavy atom. The standard InChI is InChI=1S/C13H12ClN5O4/c1-2-18(13(20)21)11-10(19(22)23)7-15-12(17-11)16-9-5-3-8(14)4-6-9/h3-7H,2H2,1H3,(H,20,21)(H,15,16,17). The van der Waals surface area contributed by atoms with Gasteiger partial charge >= 0.3 is 11.8 Å². The summed E-state index contributed by atoms with van der Waals surface area (Å²) in [5.41, 5.74) is 0.114. The molecule has 0 saturated heterocycles. The summed E-state index contributed by atoms with van der Waals surface area (Å²) in [4.78, 5) is 30.1. The molecule has 1 amide bonds. The van der Waals surface area contributed by atoms with Gasteiger partial charge in [0.15, 0.2) is 0 Å². The Labute approximate surface area is 135 Å². The minimum atomic E-state index is -1.34. The molecule has 2 N–H and O–H groups in total. The highest BCUT2D eigenvalue weighted by Gasteiger charge is 2.26. The molecule has 0 bridgehead atoms. The van der Waals surface area contributed by atoms with Gasteiger partial charge in [-0.3, -0.25) is 15.0 Å². The summed E-state index contributed by atoms with van der Waals surface area (Å²) in [6.07, 6.45) is -0.377. The van der Waals surface area contributed by atoms with Gasteiger partial charge in [-0.1, -0.05) is 11.6 Å². The van der Waals surface area contributed by atoms with E-state index in [1.54, 1.807) is 31.2 Å². The van der Waals surface area contributed by atoms with E-state index in [0.29, 0.717) is 10.7 Å². The molecule has 2 aromatic rings. The Kier molecular flexibility index (Phi) is 4.91. The van der Waals surface area contributed by atoms with Crippen LogP contribution in [-0.4, -0.2) is 32.6 Å². The molecule has 0 aliphatic carbocycles. The highest BCUT2D eigenvalue weighted by molar-refractivity contribution is 6.30. The van der Waals surface area contributed by atoms with Crippen LogP contribution in [0, 0.1) is 10.1 Å². The van der Waals surface area contributed by atoms with Crippen molar-refractivity contribution in [2.75, 3.05) is 16.8 Å². The summed E-state index contributed by atoms with van der Waals surface area (Å²) in [7, 11) is 0. The van der Waals surface area contributed by atoms with Crippen molar-refractivity contribution >= 4 is 40.8 Å². The number of rotatable bonds is 5. The van der Waals surface area contributed by atoms with Crippen molar-refractivity contribution in [3.05, 3.63) is 45.6 Å². The van der Waals surface area contributed by atoms with E-state index in [9.17, 15) is 14.9 Å². The molecule has 0 aliphatic heterocycles. The highest BCUT2D eigenvalue weighted by atomic mass is 35.5. The van der Waals surface area contributed by atoms with Crippen LogP contribution in [0.3, 0.4) is 0 Å². The normalized spacial score (nSPS) is 10.2. The molecule has 1 aromatic carbocycles. The number of nitrogens with zero attached hydrogens (tertiary/aromatic N) is 4. The monoisotopic (exact) mass is 337 g/mol. The number of benzene rings is 1. The number of amides is 1. The molecule has 120 valence electrons. The lowest BCUT2D eigenvalue weighted by atomic mass is 10.3. The number of hydrogen-bond donors (Lipinski definition) is 2. The van der Waals surface area contributed by atoms with Gasteiger partial charge in [0.2, 0.25) is 11.8 Å². The van der Waals surface area contributed by atoms with E-state index >= 15 is 0 Å². The first-order chi connectivity index (χ1) is 10.9. The Hall–Kier alpha value is -2.94. The largest absolute Gasteiger partial charge is 0.465 e. The molecule has 0 unspecified atom stereocenters. The van der Waals surface area contributed by atoms with Gasteiger partial charge in [-0.25, -0.2) is 9.78 Å². The predicted molar refractivity (Wildman–Crippen MR) is 84.5 cm³/mol. The van der Waals surface area contributed by atoms with E-state index < -0.39 is 16.7 Å². The molecule has 10 heteroatoms. The first-order valence-corrected chi connectivity index (χ1v) is 6.84.